The molecule has 0 amide bonds. The van der Waals surface area contributed by atoms with E-state index in [4.69, 9.17) is 4.42 Å². The van der Waals surface area contributed by atoms with Crippen LogP contribution in [0, 0.1) is 27.7 Å². The Bertz CT molecular complexity index is 1110. The summed E-state index contributed by atoms with van der Waals surface area (Å²) >= 11 is 0. The molecule has 0 unspecified atom stereocenters. The van der Waals surface area contributed by atoms with Gasteiger partial charge in [0.1, 0.15) is 7.05 Å². The molecule has 0 radical (unpaired) electrons. The van der Waals surface area contributed by atoms with Gasteiger partial charge in [-0.25, -0.2) is 9.55 Å². The Labute approximate surface area is 141 Å². The SMILES string of the molecule is Cc1cc(-c2c(C)cc(C)c3c2oc2ncccc23)[n+](C)cc1C. The Kier molecular flexibility index (Phi) is 3.20. The average molecular weight is 317 g/mol. The van der Waals surface area contributed by atoms with E-state index in [1.165, 1.54) is 27.9 Å². The highest BCUT2D eigenvalue weighted by atomic mass is 16.3. The Morgan fingerprint density at radius 3 is 2.54 bits per heavy atom. The van der Waals surface area contributed by atoms with Crippen molar-refractivity contribution in [3.05, 3.63) is 58.9 Å². The van der Waals surface area contributed by atoms with Crippen molar-refractivity contribution in [2.75, 3.05) is 0 Å². The number of hydrogen-bond donors (Lipinski definition) is 0. The molecule has 0 bridgehead atoms. The zero-order valence-corrected chi connectivity index (χ0v) is 14.8. The molecule has 3 heteroatoms. The third-order valence-corrected chi connectivity index (χ3v) is 4.91. The Morgan fingerprint density at radius 2 is 1.75 bits per heavy atom. The fourth-order valence-electron chi connectivity index (χ4n) is 3.60. The van der Waals surface area contributed by atoms with E-state index in [9.17, 15) is 0 Å². The lowest BCUT2D eigenvalue weighted by atomic mass is 9.96. The maximum absolute atomic E-state index is 6.20. The maximum atomic E-state index is 6.20. The van der Waals surface area contributed by atoms with Crippen molar-refractivity contribution in [2.24, 2.45) is 7.05 Å². The van der Waals surface area contributed by atoms with Gasteiger partial charge in [-0.2, -0.15) is 0 Å². The minimum Gasteiger partial charge on any atom is -0.437 e. The second kappa shape index (κ2) is 5.17. The standard InChI is InChI=1S/C21H21N2O/c1-12-10-17(23(5)11-15(12)4)19-14(3)9-13(2)18-16-7-6-8-22-21(16)24-20(18)19/h6-11H,1-5H3/q+1. The van der Waals surface area contributed by atoms with Gasteiger partial charge in [0, 0.05) is 28.6 Å². The van der Waals surface area contributed by atoms with E-state index in [1.54, 1.807) is 6.20 Å². The molecule has 0 fully saturated rings. The molecule has 1 aromatic carbocycles. The molecule has 4 aromatic rings. The first-order valence-corrected chi connectivity index (χ1v) is 8.22. The number of rotatable bonds is 1. The van der Waals surface area contributed by atoms with Crippen molar-refractivity contribution in [2.45, 2.75) is 27.7 Å². The minimum atomic E-state index is 0.703. The van der Waals surface area contributed by atoms with E-state index >= 15 is 0 Å². The summed E-state index contributed by atoms with van der Waals surface area (Å²) in [6, 6.07) is 8.54. The van der Waals surface area contributed by atoms with E-state index in [0.29, 0.717) is 5.71 Å². The van der Waals surface area contributed by atoms with Gasteiger partial charge >= 0.3 is 0 Å². The van der Waals surface area contributed by atoms with Crippen molar-refractivity contribution >= 4 is 22.1 Å². The summed E-state index contributed by atoms with van der Waals surface area (Å²) in [6.07, 6.45) is 3.96. The molecule has 3 heterocycles. The molecular weight excluding hydrogens is 296 g/mol. The van der Waals surface area contributed by atoms with Gasteiger partial charge in [0.05, 0.1) is 5.56 Å². The van der Waals surface area contributed by atoms with Gasteiger partial charge in [-0.3, -0.25) is 0 Å². The molecule has 24 heavy (non-hydrogen) atoms. The van der Waals surface area contributed by atoms with Crippen LogP contribution >= 0.6 is 0 Å². The fourth-order valence-corrected chi connectivity index (χ4v) is 3.60. The third kappa shape index (κ3) is 2.04. The molecule has 0 aliphatic heterocycles. The van der Waals surface area contributed by atoms with Crippen molar-refractivity contribution < 1.29 is 8.98 Å². The summed E-state index contributed by atoms with van der Waals surface area (Å²) in [4.78, 5) is 4.40. The average Bonchev–Trinajstić information content (AvgIpc) is 2.91. The number of aromatic nitrogens is 2. The molecule has 0 aliphatic rings. The monoisotopic (exact) mass is 317 g/mol. The van der Waals surface area contributed by atoms with Crippen LogP contribution in [0.25, 0.3) is 33.3 Å². The van der Waals surface area contributed by atoms with Gasteiger partial charge in [-0.05, 0) is 56.5 Å². The van der Waals surface area contributed by atoms with Crippen molar-refractivity contribution in [1.29, 1.82) is 0 Å². The molecule has 4 rings (SSSR count). The summed E-state index contributed by atoms with van der Waals surface area (Å²) in [5.41, 5.74) is 8.97. The van der Waals surface area contributed by atoms with Crippen LogP contribution in [0.1, 0.15) is 22.3 Å². The lowest BCUT2D eigenvalue weighted by Crippen LogP contribution is -2.31. The normalized spacial score (nSPS) is 11.5. The van der Waals surface area contributed by atoms with E-state index in [2.05, 4.69) is 68.7 Å². The number of aryl methyl sites for hydroxylation is 5. The number of benzene rings is 1. The second-order valence-electron chi connectivity index (χ2n) is 6.68. The highest BCUT2D eigenvalue weighted by Gasteiger charge is 2.23. The summed E-state index contributed by atoms with van der Waals surface area (Å²) in [5.74, 6) is 0. The largest absolute Gasteiger partial charge is 0.437 e. The van der Waals surface area contributed by atoms with Gasteiger partial charge in [0.15, 0.2) is 11.8 Å². The summed E-state index contributed by atoms with van der Waals surface area (Å²) in [7, 11) is 2.09. The van der Waals surface area contributed by atoms with Crippen LogP contribution in [0.3, 0.4) is 0 Å². The zero-order chi connectivity index (χ0) is 17.0. The smallest absolute Gasteiger partial charge is 0.227 e. The summed E-state index contributed by atoms with van der Waals surface area (Å²) in [5, 5.41) is 2.25. The number of pyridine rings is 2. The Balaban J connectivity index is 2.18. The van der Waals surface area contributed by atoms with Crippen LogP contribution in [0.2, 0.25) is 0 Å². The van der Waals surface area contributed by atoms with Gasteiger partial charge in [-0.15, -0.1) is 0 Å². The number of hydrogen-bond acceptors (Lipinski definition) is 2. The molecule has 0 atom stereocenters. The zero-order valence-electron chi connectivity index (χ0n) is 14.8. The summed E-state index contributed by atoms with van der Waals surface area (Å²) in [6.45, 7) is 8.58. The molecule has 0 N–H and O–H groups in total. The van der Waals surface area contributed by atoms with Crippen LogP contribution in [-0.2, 0) is 7.05 Å². The maximum Gasteiger partial charge on any atom is 0.227 e. The molecule has 3 nitrogen and oxygen atoms in total. The second-order valence-corrected chi connectivity index (χ2v) is 6.68. The van der Waals surface area contributed by atoms with E-state index in [-0.39, 0.29) is 0 Å². The predicted octanol–water partition coefficient (Wildman–Crippen LogP) is 4.71. The van der Waals surface area contributed by atoms with E-state index < -0.39 is 0 Å². The number of furan rings is 1. The number of fused-ring (bicyclic) bond motifs is 3. The molecule has 3 aromatic heterocycles. The lowest BCUT2D eigenvalue weighted by molar-refractivity contribution is -0.660. The lowest BCUT2D eigenvalue weighted by Gasteiger charge is -2.09. The van der Waals surface area contributed by atoms with Gasteiger partial charge in [0.25, 0.3) is 0 Å². The molecule has 120 valence electrons. The molecule has 0 aliphatic carbocycles. The van der Waals surface area contributed by atoms with E-state index in [0.717, 1.165) is 21.9 Å². The first-order valence-electron chi connectivity index (χ1n) is 8.22. The number of nitrogens with zero attached hydrogens (tertiary/aromatic N) is 2. The van der Waals surface area contributed by atoms with Gasteiger partial charge < -0.3 is 4.42 Å². The van der Waals surface area contributed by atoms with Crippen LogP contribution in [0.5, 0.6) is 0 Å². The van der Waals surface area contributed by atoms with Gasteiger partial charge in [0.2, 0.25) is 11.4 Å². The molecule has 0 saturated carbocycles. The Hall–Kier alpha value is -2.68. The molecule has 0 saturated heterocycles. The van der Waals surface area contributed by atoms with Crippen LogP contribution in [0.4, 0.5) is 0 Å². The quantitative estimate of drug-likeness (QED) is 0.476. The fraction of sp³-hybridized carbons (Fsp3) is 0.238. The Morgan fingerprint density at radius 1 is 0.958 bits per heavy atom. The van der Waals surface area contributed by atoms with Gasteiger partial charge in [-0.1, -0.05) is 6.07 Å². The third-order valence-electron chi connectivity index (χ3n) is 4.91. The van der Waals surface area contributed by atoms with Crippen LogP contribution < -0.4 is 4.57 Å². The van der Waals surface area contributed by atoms with Crippen LogP contribution in [-0.4, -0.2) is 4.98 Å². The highest BCUT2D eigenvalue weighted by Crippen LogP contribution is 2.38. The summed E-state index contributed by atoms with van der Waals surface area (Å²) < 4.78 is 8.38. The first-order chi connectivity index (χ1) is 11.5. The molecule has 0 spiro atoms. The predicted molar refractivity (Wildman–Crippen MR) is 97.1 cm³/mol. The van der Waals surface area contributed by atoms with Crippen molar-refractivity contribution in [3.8, 4) is 11.3 Å². The van der Waals surface area contributed by atoms with Crippen molar-refractivity contribution in [3.63, 3.8) is 0 Å². The van der Waals surface area contributed by atoms with Crippen LogP contribution in [0.15, 0.2) is 41.1 Å². The topological polar surface area (TPSA) is 29.9 Å². The van der Waals surface area contributed by atoms with Crippen molar-refractivity contribution in [1.82, 2.24) is 4.98 Å². The van der Waals surface area contributed by atoms with E-state index in [1.807, 2.05) is 6.07 Å². The minimum absolute atomic E-state index is 0.703. The first kappa shape index (κ1) is 14.9. The molecular formula is C21H21N2O+. The highest BCUT2D eigenvalue weighted by molar-refractivity contribution is 6.10.